The standard InChI is InChI=1S/C16H28O4/c1-6-15(17)19-11-10-13(5)8-9-14(12(3)4)20-16(18)7-2/h13-14H,3,6-11H2,1-2,4-5H3. The van der Waals surface area contributed by atoms with Crippen LogP contribution in [0.1, 0.15) is 59.8 Å². The number of hydrogen-bond donors (Lipinski definition) is 0. The Bertz CT molecular complexity index is 322. The molecule has 4 heteroatoms. The highest BCUT2D eigenvalue weighted by atomic mass is 16.5. The van der Waals surface area contributed by atoms with Crippen LogP contribution in [0.25, 0.3) is 0 Å². The first-order valence-electron chi connectivity index (χ1n) is 7.41. The van der Waals surface area contributed by atoms with E-state index in [1.807, 2.05) is 6.92 Å². The zero-order chi connectivity index (χ0) is 15.5. The normalized spacial score (nSPS) is 13.4. The van der Waals surface area contributed by atoms with E-state index in [0.717, 1.165) is 24.8 Å². The van der Waals surface area contributed by atoms with Crippen molar-refractivity contribution in [3.8, 4) is 0 Å². The molecule has 0 aliphatic carbocycles. The summed E-state index contributed by atoms with van der Waals surface area (Å²) < 4.78 is 10.4. The summed E-state index contributed by atoms with van der Waals surface area (Å²) in [7, 11) is 0. The van der Waals surface area contributed by atoms with Crippen LogP contribution in [0, 0.1) is 5.92 Å². The molecule has 0 fully saturated rings. The van der Waals surface area contributed by atoms with Gasteiger partial charge in [-0.25, -0.2) is 0 Å². The largest absolute Gasteiger partial charge is 0.466 e. The van der Waals surface area contributed by atoms with Crippen molar-refractivity contribution in [1.29, 1.82) is 0 Å². The lowest BCUT2D eigenvalue weighted by atomic mass is 9.97. The van der Waals surface area contributed by atoms with E-state index in [-0.39, 0.29) is 18.0 Å². The zero-order valence-corrected chi connectivity index (χ0v) is 13.2. The second-order valence-electron chi connectivity index (χ2n) is 5.22. The highest BCUT2D eigenvalue weighted by molar-refractivity contribution is 5.69. The maximum absolute atomic E-state index is 11.3. The smallest absolute Gasteiger partial charge is 0.306 e. The monoisotopic (exact) mass is 284 g/mol. The van der Waals surface area contributed by atoms with Crippen LogP contribution in [0.3, 0.4) is 0 Å². The minimum absolute atomic E-state index is 0.158. The second-order valence-corrected chi connectivity index (χ2v) is 5.22. The van der Waals surface area contributed by atoms with Gasteiger partial charge in [-0.3, -0.25) is 9.59 Å². The number of carbonyl (C=O) groups excluding carboxylic acids is 2. The van der Waals surface area contributed by atoms with Gasteiger partial charge in [0.2, 0.25) is 0 Å². The lowest BCUT2D eigenvalue weighted by Gasteiger charge is -2.20. The van der Waals surface area contributed by atoms with E-state index < -0.39 is 0 Å². The molecule has 0 aromatic rings. The van der Waals surface area contributed by atoms with Crippen molar-refractivity contribution in [3.05, 3.63) is 12.2 Å². The quantitative estimate of drug-likeness (QED) is 0.454. The minimum Gasteiger partial charge on any atom is -0.466 e. The average molecular weight is 284 g/mol. The SMILES string of the molecule is C=C(C)C(CCC(C)CCOC(=O)CC)OC(=O)CC. The fourth-order valence-corrected chi connectivity index (χ4v) is 1.70. The Balaban J connectivity index is 3.99. The molecular weight excluding hydrogens is 256 g/mol. The van der Waals surface area contributed by atoms with Gasteiger partial charge in [-0.2, -0.15) is 0 Å². The zero-order valence-electron chi connectivity index (χ0n) is 13.2. The van der Waals surface area contributed by atoms with E-state index in [9.17, 15) is 9.59 Å². The van der Waals surface area contributed by atoms with Crippen LogP contribution in [0.5, 0.6) is 0 Å². The maximum atomic E-state index is 11.3. The van der Waals surface area contributed by atoms with Gasteiger partial charge in [-0.05, 0) is 37.7 Å². The summed E-state index contributed by atoms with van der Waals surface area (Å²) in [4.78, 5) is 22.3. The minimum atomic E-state index is -0.205. The molecule has 0 amide bonds. The van der Waals surface area contributed by atoms with E-state index >= 15 is 0 Å². The summed E-state index contributed by atoms with van der Waals surface area (Å²) in [6, 6.07) is 0. The Morgan fingerprint density at radius 3 is 2.15 bits per heavy atom. The molecule has 0 bridgehead atoms. The third-order valence-electron chi connectivity index (χ3n) is 3.20. The fraction of sp³-hybridized carbons (Fsp3) is 0.750. The Labute approximate surface area is 122 Å². The van der Waals surface area contributed by atoms with Gasteiger partial charge in [0.25, 0.3) is 0 Å². The van der Waals surface area contributed by atoms with Gasteiger partial charge in [0, 0.05) is 12.8 Å². The van der Waals surface area contributed by atoms with Crippen LogP contribution in [0.2, 0.25) is 0 Å². The molecule has 0 aliphatic heterocycles. The highest BCUT2D eigenvalue weighted by Crippen LogP contribution is 2.18. The first-order chi connectivity index (χ1) is 9.40. The third kappa shape index (κ3) is 8.73. The molecule has 0 spiro atoms. The highest BCUT2D eigenvalue weighted by Gasteiger charge is 2.15. The number of ether oxygens (including phenoxy) is 2. The maximum Gasteiger partial charge on any atom is 0.306 e. The van der Waals surface area contributed by atoms with Crippen molar-refractivity contribution in [3.63, 3.8) is 0 Å². The Morgan fingerprint density at radius 1 is 1.05 bits per heavy atom. The molecule has 0 aromatic carbocycles. The molecule has 116 valence electrons. The van der Waals surface area contributed by atoms with Crippen LogP contribution in [0.15, 0.2) is 12.2 Å². The van der Waals surface area contributed by atoms with E-state index in [0.29, 0.717) is 25.4 Å². The summed E-state index contributed by atoms with van der Waals surface area (Å²) >= 11 is 0. The molecule has 4 nitrogen and oxygen atoms in total. The van der Waals surface area contributed by atoms with Gasteiger partial charge in [0.1, 0.15) is 6.10 Å². The predicted octanol–water partition coefficient (Wildman–Crippen LogP) is 3.64. The average Bonchev–Trinajstić information content (AvgIpc) is 2.42. The van der Waals surface area contributed by atoms with Gasteiger partial charge in [-0.15, -0.1) is 0 Å². The van der Waals surface area contributed by atoms with Gasteiger partial charge in [0.05, 0.1) is 6.61 Å². The molecule has 20 heavy (non-hydrogen) atoms. The van der Waals surface area contributed by atoms with E-state index in [4.69, 9.17) is 9.47 Å². The summed E-state index contributed by atoms with van der Waals surface area (Å²) in [5, 5.41) is 0. The lowest BCUT2D eigenvalue weighted by molar-refractivity contribution is -0.147. The molecule has 2 atom stereocenters. The van der Waals surface area contributed by atoms with Crippen LogP contribution in [-0.2, 0) is 19.1 Å². The van der Waals surface area contributed by atoms with Crippen LogP contribution in [0.4, 0.5) is 0 Å². The Hall–Kier alpha value is -1.32. The molecular formula is C16H28O4. The van der Waals surface area contributed by atoms with Crippen LogP contribution < -0.4 is 0 Å². The van der Waals surface area contributed by atoms with Gasteiger partial charge in [-0.1, -0.05) is 27.4 Å². The molecule has 0 radical (unpaired) electrons. The van der Waals surface area contributed by atoms with Crippen molar-refractivity contribution >= 4 is 11.9 Å². The van der Waals surface area contributed by atoms with E-state index in [1.165, 1.54) is 0 Å². The van der Waals surface area contributed by atoms with Gasteiger partial charge < -0.3 is 9.47 Å². The lowest BCUT2D eigenvalue weighted by Crippen LogP contribution is -2.19. The number of carbonyl (C=O) groups is 2. The van der Waals surface area contributed by atoms with Crippen molar-refractivity contribution < 1.29 is 19.1 Å². The molecule has 0 rings (SSSR count). The van der Waals surface area contributed by atoms with Crippen molar-refractivity contribution in [2.75, 3.05) is 6.61 Å². The molecule has 0 saturated heterocycles. The van der Waals surface area contributed by atoms with Crippen LogP contribution in [-0.4, -0.2) is 24.6 Å². The Kier molecular flexibility index (Phi) is 9.77. The van der Waals surface area contributed by atoms with E-state index in [2.05, 4.69) is 13.5 Å². The summed E-state index contributed by atoms with van der Waals surface area (Å²) in [6.45, 7) is 11.9. The van der Waals surface area contributed by atoms with Crippen molar-refractivity contribution in [2.45, 2.75) is 65.9 Å². The van der Waals surface area contributed by atoms with Crippen LogP contribution >= 0.6 is 0 Å². The summed E-state index contributed by atoms with van der Waals surface area (Å²) in [5.41, 5.74) is 0.872. The topological polar surface area (TPSA) is 52.6 Å². The first kappa shape index (κ1) is 18.7. The molecule has 0 aromatic heterocycles. The molecule has 0 heterocycles. The number of rotatable bonds is 10. The molecule has 2 unspecified atom stereocenters. The van der Waals surface area contributed by atoms with Crippen molar-refractivity contribution in [2.24, 2.45) is 5.92 Å². The third-order valence-corrected chi connectivity index (χ3v) is 3.20. The van der Waals surface area contributed by atoms with Gasteiger partial charge in [0.15, 0.2) is 0 Å². The fourth-order valence-electron chi connectivity index (χ4n) is 1.70. The van der Waals surface area contributed by atoms with E-state index in [1.54, 1.807) is 13.8 Å². The number of hydrogen-bond acceptors (Lipinski definition) is 4. The molecule has 0 aliphatic rings. The Morgan fingerprint density at radius 2 is 1.65 bits per heavy atom. The molecule has 0 saturated carbocycles. The summed E-state index contributed by atoms with van der Waals surface area (Å²) in [6.07, 6.45) is 3.10. The first-order valence-corrected chi connectivity index (χ1v) is 7.41. The summed E-state index contributed by atoms with van der Waals surface area (Å²) in [5.74, 6) is 0.0678. The van der Waals surface area contributed by atoms with Gasteiger partial charge >= 0.3 is 11.9 Å². The van der Waals surface area contributed by atoms with Crippen molar-refractivity contribution in [1.82, 2.24) is 0 Å². The second kappa shape index (κ2) is 10.5. The predicted molar refractivity (Wildman–Crippen MR) is 79.3 cm³/mol. The number of esters is 2. The molecule has 0 N–H and O–H groups in total.